The molecular weight excluding hydrogens is 201 g/mol. The van der Waals surface area contributed by atoms with E-state index in [1.807, 2.05) is 0 Å². The molecule has 0 fully saturated rings. The van der Waals surface area contributed by atoms with Crippen LogP contribution in [0, 0.1) is 0 Å². The molecule has 8 heavy (non-hydrogen) atoms. The molecule has 0 amide bonds. The fraction of sp³-hybridized carbons (Fsp3) is 0.667. The van der Waals surface area contributed by atoms with E-state index in [4.69, 9.17) is 0 Å². The first-order valence-electron chi connectivity index (χ1n) is 3.07. The number of rotatable bonds is 0. The topological polar surface area (TPSA) is 12.0 Å². The normalized spacial score (nSPS) is 23.6. The van der Waals surface area contributed by atoms with Crippen LogP contribution >= 0.6 is 0 Å². The molecule has 0 aromatic heterocycles. The molecule has 1 rings (SSSR count). The van der Waals surface area contributed by atoms with Crippen molar-refractivity contribution in [1.29, 1.82) is 0 Å². The van der Waals surface area contributed by atoms with Crippen molar-refractivity contribution in [3.63, 3.8) is 0 Å². The van der Waals surface area contributed by atoms with Crippen molar-refractivity contribution < 1.29 is 0 Å². The van der Waals surface area contributed by atoms with Crippen LogP contribution in [0.2, 0.25) is 7.85 Å². The molecule has 1 nitrogen and oxygen atoms in total. The van der Waals surface area contributed by atoms with Crippen molar-refractivity contribution in [2.45, 2.75) is 21.7 Å². The molecule has 1 N–H and O–H groups in total. The molecule has 1 aliphatic heterocycles. The summed E-state index contributed by atoms with van der Waals surface area (Å²) in [4.78, 5) is 0. The van der Waals surface area contributed by atoms with Crippen LogP contribution in [-0.4, -0.2) is 21.7 Å². The van der Waals surface area contributed by atoms with Crippen LogP contribution in [0.1, 0.15) is 13.8 Å². The molecule has 2 heteroatoms. The minimum atomic E-state index is -1.24. The molecular formula is C6H12InN. The predicted molar refractivity (Wildman–Crippen MR) is 37.9 cm³/mol. The second-order valence-electron chi connectivity index (χ2n) is 3.04. The Hall–Kier alpha value is 0.410. The van der Waals surface area contributed by atoms with Gasteiger partial charge in [-0.1, -0.05) is 0 Å². The Bertz CT molecular complexity index is 118. The zero-order chi connectivity index (χ0) is 6.20. The Labute approximate surface area is 59.1 Å². The fourth-order valence-electron chi connectivity index (χ4n) is 0.766. The maximum absolute atomic E-state index is 3.44. The van der Waals surface area contributed by atoms with Crippen LogP contribution in [-0.2, 0) is 0 Å². The van der Waals surface area contributed by atoms with Crippen molar-refractivity contribution >= 4 is 21.7 Å². The van der Waals surface area contributed by atoms with E-state index in [9.17, 15) is 0 Å². The van der Waals surface area contributed by atoms with E-state index >= 15 is 0 Å². The fourth-order valence-corrected chi connectivity index (χ4v) is 4.19. The number of hydrogen-bond donors (Lipinski definition) is 1. The van der Waals surface area contributed by atoms with Gasteiger partial charge in [0.1, 0.15) is 0 Å². The van der Waals surface area contributed by atoms with Crippen LogP contribution in [0.25, 0.3) is 0 Å². The zero-order valence-electron chi connectivity index (χ0n) is 5.73. The predicted octanol–water partition coefficient (Wildman–Crippen LogP) is 1.50. The van der Waals surface area contributed by atoms with Gasteiger partial charge in [-0.15, -0.1) is 0 Å². The van der Waals surface area contributed by atoms with E-state index in [0.717, 1.165) is 0 Å². The Morgan fingerprint density at radius 2 is 2.12 bits per heavy atom. The average Bonchev–Trinajstić information content (AvgIpc) is 1.86. The van der Waals surface area contributed by atoms with E-state index in [-0.39, 0.29) is 0 Å². The summed E-state index contributed by atoms with van der Waals surface area (Å²) in [5, 5.41) is 0. The third kappa shape index (κ3) is 1.04. The Kier molecular flexibility index (Phi) is 1.61. The van der Waals surface area contributed by atoms with E-state index in [1.165, 1.54) is 0 Å². The molecule has 0 atom stereocenters. The van der Waals surface area contributed by atoms with Crippen molar-refractivity contribution in [3.8, 4) is 0 Å². The van der Waals surface area contributed by atoms with Crippen molar-refractivity contribution in [3.05, 3.63) is 12.3 Å². The van der Waals surface area contributed by atoms with Gasteiger partial charge in [0.15, 0.2) is 0 Å². The van der Waals surface area contributed by atoms with Crippen LogP contribution in [0.15, 0.2) is 12.3 Å². The van der Waals surface area contributed by atoms with E-state index in [1.54, 1.807) is 0 Å². The van der Waals surface area contributed by atoms with Crippen LogP contribution in [0.3, 0.4) is 0 Å². The molecule has 0 spiro atoms. The van der Waals surface area contributed by atoms with Crippen LogP contribution in [0.5, 0.6) is 0 Å². The van der Waals surface area contributed by atoms with Gasteiger partial charge in [-0.05, 0) is 0 Å². The van der Waals surface area contributed by atoms with Gasteiger partial charge in [0.25, 0.3) is 0 Å². The van der Waals surface area contributed by atoms with Crippen LogP contribution in [0.4, 0.5) is 0 Å². The standard InChI is InChI=1S/C5H9N.CH3.In/c1-5(2)3-4-6;;/h3-4,6H,1-2H3;1H3;/q-1;;+1. The van der Waals surface area contributed by atoms with Crippen LogP contribution < -0.4 is 3.30 Å². The van der Waals surface area contributed by atoms with Crippen molar-refractivity contribution in [2.75, 3.05) is 0 Å². The molecule has 1 heterocycles. The van der Waals surface area contributed by atoms with Gasteiger partial charge in [0.05, 0.1) is 0 Å². The SMILES string of the molecule is [CH3][In]1[NH]C=C[C]1(C)C. The number of hydrogen-bond acceptors (Lipinski definition) is 1. The Morgan fingerprint density at radius 3 is 2.25 bits per heavy atom. The quantitative estimate of drug-likeness (QED) is 0.642. The first-order chi connectivity index (χ1) is 3.63. The molecule has 0 saturated carbocycles. The Morgan fingerprint density at radius 1 is 1.50 bits per heavy atom. The summed E-state index contributed by atoms with van der Waals surface area (Å²) in [7, 11) is 0. The number of nitrogens with one attached hydrogen (secondary N) is 1. The maximum atomic E-state index is 3.44. The average molecular weight is 213 g/mol. The minimum absolute atomic E-state index is 0.571. The summed E-state index contributed by atoms with van der Waals surface area (Å²) in [6.07, 6.45) is 4.43. The first kappa shape index (κ1) is 6.53. The molecule has 0 saturated heterocycles. The van der Waals surface area contributed by atoms with Crippen molar-refractivity contribution in [2.24, 2.45) is 0 Å². The van der Waals surface area contributed by atoms with Crippen molar-refractivity contribution in [1.82, 2.24) is 3.30 Å². The van der Waals surface area contributed by atoms with Gasteiger partial charge < -0.3 is 0 Å². The molecule has 0 aromatic rings. The summed E-state index contributed by atoms with van der Waals surface area (Å²) >= 11 is -1.24. The summed E-state index contributed by atoms with van der Waals surface area (Å²) in [6, 6.07) is 0. The van der Waals surface area contributed by atoms with E-state index in [0.29, 0.717) is 3.17 Å². The van der Waals surface area contributed by atoms with Gasteiger partial charge >= 0.3 is 59.0 Å². The van der Waals surface area contributed by atoms with Gasteiger partial charge in [-0.25, -0.2) is 0 Å². The first-order valence-corrected chi connectivity index (χ1v) is 9.66. The van der Waals surface area contributed by atoms with Gasteiger partial charge in [0, 0.05) is 0 Å². The summed E-state index contributed by atoms with van der Waals surface area (Å²) < 4.78 is 6.41. The monoisotopic (exact) mass is 213 g/mol. The molecule has 1 aliphatic rings. The molecule has 0 bridgehead atoms. The second kappa shape index (κ2) is 1.98. The Balaban J connectivity index is 2.67. The molecule has 0 radical (unpaired) electrons. The zero-order valence-corrected chi connectivity index (χ0v) is 9.03. The second-order valence-corrected chi connectivity index (χ2v) is 12.4. The van der Waals surface area contributed by atoms with Gasteiger partial charge in [-0.3, -0.25) is 0 Å². The van der Waals surface area contributed by atoms with Gasteiger partial charge in [0.2, 0.25) is 0 Å². The van der Waals surface area contributed by atoms with E-state index < -0.39 is 21.7 Å². The summed E-state index contributed by atoms with van der Waals surface area (Å²) in [6.45, 7) is 4.65. The third-order valence-electron chi connectivity index (χ3n) is 1.98. The van der Waals surface area contributed by atoms with Gasteiger partial charge in [-0.2, -0.15) is 0 Å². The summed E-state index contributed by atoms with van der Waals surface area (Å²) in [5.41, 5.74) is 0. The number of allylic oxidation sites excluding steroid dienone is 1. The molecule has 0 aliphatic carbocycles. The molecule has 0 unspecified atom stereocenters. The van der Waals surface area contributed by atoms with E-state index in [2.05, 4.69) is 34.1 Å². The third-order valence-corrected chi connectivity index (χ3v) is 10.9. The molecule has 0 aromatic carbocycles. The summed E-state index contributed by atoms with van der Waals surface area (Å²) in [5.74, 6) is 0. The molecule has 44 valence electrons.